The maximum Gasteiger partial charge on any atom is 0.335 e. The Balaban J connectivity index is 3.01. The van der Waals surface area contributed by atoms with Crippen molar-refractivity contribution in [3.63, 3.8) is 0 Å². The second kappa shape index (κ2) is 7.84. The van der Waals surface area contributed by atoms with Gasteiger partial charge in [-0.3, -0.25) is 0 Å². The van der Waals surface area contributed by atoms with E-state index >= 15 is 0 Å². The summed E-state index contributed by atoms with van der Waals surface area (Å²) < 4.78 is 21.1. The van der Waals surface area contributed by atoms with Crippen LogP contribution in [0.3, 0.4) is 0 Å². The standard InChI is InChI=1S/C15H18O6/c1-5-18-10(3)20-13-8-7-12(15(16)17)9-14(13)21-11(4)19-6-2/h5-11H,1-2H2,3-4H3,(H,16,17). The van der Waals surface area contributed by atoms with Crippen LogP contribution in [0.25, 0.3) is 0 Å². The Morgan fingerprint density at radius 3 is 2.10 bits per heavy atom. The van der Waals surface area contributed by atoms with Gasteiger partial charge in [0.2, 0.25) is 12.6 Å². The first-order valence-electron chi connectivity index (χ1n) is 6.21. The first-order chi connectivity index (χ1) is 9.97. The van der Waals surface area contributed by atoms with E-state index in [4.69, 9.17) is 24.1 Å². The number of hydrogen-bond acceptors (Lipinski definition) is 5. The van der Waals surface area contributed by atoms with Crippen molar-refractivity contribution in [3.8, 4) is 11.5 Å². The van der Waals surface area contributed by atoms with E-state index in [9.17, 15) is 4.79 Å². The van der Waals surface area contributed by atoms with Crippen LogP contribution >= 0.6 is 0 Å². The van der Waals surface area contributed by atoms with Gasteiger partial charge < -0.3 is 24.1 Å². The Morgan fingerprint density at radius 1 is 1.10 bits per heavy atom. The molecule has 1 aromatic carbocycles. The molecule has 0 aliphatic heterocycles. The quantitative estimate of drug-likeness (QED) is 0.557. The second-order valence-corrected chi connectivity index (χ2v) is 3.94. The highest BCUT2D eigenvalue weighted by atomic mass is 16.7. The minimum atomic E-state index is -1.07. The molecule has 2 atom stereocenters. The Labute approximate surface area is 123 Å². The van der Waals surface area contributed by atoms with Crippen molar-refractivity contribution >= 4 is 5.97 Å². The molecule has 0 aliphatic carbocycles. The zero-order chi connectivity index (χ0) is 15.8. The van der Waals surface area contributed by atoms with Crippen molar-refractivity contribution in [3.05, 3.63) is 49.4 Å². The highest BCUT2D eigenvalue weighted by Crippen LogP contribution is 2.30. The Hall–Kier alpha value is -2.63. The lowest BCUT2D eigenvalue weighted by atomic mass is 10.2. The molecule has 0 saturated carbocycles. The van der Waals surface area contributed by atoms with Crippen molar-refractivity contribution in [2.75, 3.05) is 0 Å². The van der Waals surface area contributed by atoms with Gasteiger partial charge in [0, 0.05) is 13.8 Å². The van der Waals surface area contributed by atoms with Crippen molar-refractivity contribution < 1.29 is 28.8 Å². The molecule has 0 amide bonds. The number of hydrogen-bond donors (Lipinski definition) is 1. The molecule has 6 nitrogen and oxygen atoms in total. The summed E-state index contributed by atoms with van der Waals surface area (Å²) in [4.78, 5) is 11.0. The molecule has 1 rings (SSSR count). The highest BCUT2D eigenvalue weighted by molar-refractivity contribution is 5.88. The van der Waals surface area contributed by atoms with Crippen LogP contribution in [-0.4, -0.2) is 23.7 Å². The van der Waals surface area contributed by atoms with E-state index in [-0.39, 0.29) is 11.3 Å². The van der Waals surface area contributed by atoms with Gasteiger partial charge in [-0.15, -0.1) is 0 Å². The van der Waals surface area contributed by atoms with Crippen molar-refractivity contribution in [2.24, 2.45) is 0 Å². The van der Waals surface area contributed by atoms with E-state index in [1.807, 2.05) is 0 Å². The summed E-state index contributed by atoms with van der Waals surface area (Å²) in [6.07, 6.45) is 1.23. The van der Waals surface area contributed by atoms with E-state index in [2.05, 4.69) is 13.2 Å². The third-order valence-corrected chi connectivity index (χ3v) is 2.35. The maximum atomic E-state index is 11.0. The Kier molecular flexibility index (Phi) is 6.13. The molecule has 0 radical (unpaired) electrons. The van der Waals surface area contributed by atoms with Crippen LogP contribution in [0, 0.1) is 0 Å². The third-order valence-electron chi connectivity index (χ3n) is 2.35. The minimum Gasteiger partial charge on any atom is -0.478 e. The van der Waals surface area contributed by atoms with Crippen LogP contribution in [0.1, 0.15) is 24.2 Å². The van der Waals surface area contributed by atoms with Crippen LogP contribution in [-0.2, 0) is 9.47 Å². The summed E-state index contributed by atoms with van der Waals surface area (Å²) in [5, 5.41) is 9.02. The summed E-state index contributed by atoms with van der Waals surface area (Å²) >= 11 is 0. The van der Waals surface area contributed by atoms with Crippen LogP contribution in [0.5, 0.6) is 11.5 Å². The normalized spacial score (nSPS) is 12.7. The number of aromatic carboxylic acids is 1. The van der Waals surface area contributed by atoms with Crippen molar-refractivity contribution in [2.45, 2.75) is 26.4 Å². The van der Waals surface area contributed by atoms with E-state index in [0.717, 1.165) is 0 Å². The number of carboxylic acid groups (broad SMARTS) is 1. The Bertz CT molecular complexity index is 511. The SMILES string of the molecule is C=COC(C)Oc1ccc(C(=O)O)cc1OC(C)OC=C. The van der Waals surface area contributed by atoms with E-state index in [0.29, 0.717) is 5.75 Å². The molecule has 0 fully saturated rings. The molecular formula is C15H18O6. The second-order valence-electron chi connectivity index (χ2n) is 3.94. The summed E-state index contributed by atoms with van der Waals surface area (Å²) in [6.45, 7) is 10.2. The zero-order valence-electron chi connectivity index (χ0n) is 11.9. The van der Waals surface area contributed by atoms with Crippen LogP contribution in [0.4, 0.5) is 0 Å². The first kappa shape index (κ1) is 16.4. The molecule has 114 valence electrons. The predicted octanol–water partition coefficient (Wildman–Crippen LogP) is 3.15. The molecule has 1 N–H and O–H groups in total. The number of carbonyl (C=O) groups is 1. The molecule has 2 unspecified atom stereocenters. The Morgan fingerprint density at radius 2 is 1.62 bits per heavy atom. The average molecular weight is 294 g/mol. The molecular weight excluding hydrogens is 276 g/mol. The lowest BCUT2D eigenvalue weighted by Gasteiger charge is -2.19. The lowest BCUT2D eigenvalue weighted by Crippen LogP contribution is -2.17. The first-order valence-corrected chi connectivity index (χ1v) is 6.21. The summed E-state index contributed by atoms with van der Waals surface area (Å²) in [7, 11) is 0. The van der Waals surface area contributed by atoms with Crippen molar-refractivity contribution in [1.82, 2.24) is 0 Å². The smallest absolute Gasteiger partial charge is 0.335 e. The molecule has 0 aromatic heterocycles. The largest absolute Gasteiger partial charge is 0.478 e. The van der Waals surface area contributed by atoms with Crippen LogP contribution in [0.2, 0.25) is 0 Å². The molecule has 1 aromatic rings. The van der Waals surface area contributed by atoms with Gasteiger partial charge >= 0.3 is 5.97 Å². The summed E-state index contributed by atoms with van der Waals surface area (Å²) in [5.74, 6) is -0.517. The van der Waals surface area contributed by atoms with E-state index in [1.54, 1.807) is 13.8 Å². The zero-order valence-corrected chi connectivity index (χ0v) is 11.9. The van der Waals surface area contributed by atoms with Crippen molar-refractivity contribution in [1.29, 1.82) is 0 Å². The minimum absolute atomic E-state index is 0.0699. The highest BCUT2D eigenvalue weighted by Gasteiger charge is 2.15. The van der Waals surface area contributed by atoms with Gasteiger partial charge in [0.25, 0.3) is 0 Å². The molecule has 0 bridgehead atoms. The van der Waals surface area contributed by atoms with Gasteiger partial charge in [0.05, 0.1) is 18.1 Å². The number of carboxylic acids is 1. The van der Waals surface area contributed by atoms with Gasteiger partial charge in [-0.2, -0.15) is 0 Å². The van der Waals surface area contributed by atoms with Gasteiger partial charge in [0.1, 0.15) is 0 Å². The fraction of sp³-hybridized carbons (Fsp3) is 0.267. The molecule has 0 heterocycles. The van der Waals surface area contributed by atoms with Gasteiger partial charge in [-0.1, -0.05) is 13.2 Å². The average Bonchev–Trinajstić information content (AvgIpc) is 2.41. The molecule has 21 heavy (non-hydrogen) atoms. The predicted molar refractivity (Wildman–Crippen MR) is 76.1 cm³/mol. The maximum absolute atomic E-state index is 11.0. The van der Waals surface area contributed by atoms with Gasteiger partial charge in [0.15, 0.2) is 11.5 Å². The van der Waals surface area contributed by atoms with Crippen LogP contribution < -0.4 is 9.47 Å². The number of ether oxygens (including phenoxy) is 4. The fourth-order valence-electron chi connectivity index (χ4n) is 1.51. The summed E-state index contributed by atoms with van der Waals surface area (Å²) in [6, 6.07) is 4.24. The van der Waals surface area contributed by atoms with E-state index in [1.165, 1.54) is 30.7 Å². The fourth-order valence-corrected chi connectivity index (χ4v) is 1.51. The number of rotatable bonds is 9. The van der Waals surface area contributed by atoms with Gasteiger partial charge in [-0.05, 0) is 18.2 Å². The topological polar surface area (TPSA) is 74.2 Å². The molecule has 6 heteroatoms. The molecule has 0 saturated heterocycles. The van der Waals surface area contributed by atoms with Gasteiger partial charge in [-0.25, -0.2) is 4.79 Å². The molecule has 0 aliphatic rings. The third kappa shape index (κ3) is 5.10. The van der Waals surface area contributed by atoms with E-state index < -0.39 is 18.5 Å². The molecule has 0 spiro atoms. The lowest BCUT2D eigenvalue weighted by molar-refractivity contribution is -0.0322. The monoisotopic (exact) mass is 294 g/mol. The number of benzene rings is 1. The van der Waals surface area contributed by atoms with Crippen LogP contribution in [0.15, 0.2) is 43.9 Å². The summed E-state index contributed by atoms with van der Waals surface area (Å²) in [5.41, 5.74) is 0.0699.